The SMILES string of the molecule is CCn1c(C(C)(C)C)c(N)c(=O)n1-c1cc(C)cc(C)c1. The number of hydrogen-bond donors (Lipinski definition) is 1. The molecule has 0 bridgehead atoms. The van der Waals surface area contributed by atoms with E-state index in [4.69, 9.17) is 5.73 Å². The van der Waals surface area contributed by atoms with Gasteiger partial charge in [0.15, 0.2) is 0 Å². The highest BCUT2D eigenvalue weighted by molar-refractivity contribution is 5.49. The van der Waals surface area contributed by atoms with E-state index in [1.165, 1.54) is 0 Å². The average Bonchev–Trinajstić information content (AvgIpc) is 2.60. The summed E-state index contributed by atoms with van der Waals surface area (Å²) in [7, 11) is 0. The Balaban J connectivity index is 2.84. The van der Waals surface area contributed by atoms with E-state index in [-0.39, 0.29) is 11.0 Å². The smallest absolute Gasteiger partial charge is 0.294 e. The largest absolute Gasteiger partial charge is 0.393 e. The second-order valence-electron chi connectivity index (χ2n) is 6.69. The number of nitrogens with two attached hydrogens (primary N) is 1. The summed E-state index contributed by atoms with van der Waals surface area (Å²) in [6.07, 6.45) is 0. The standard InChI is InChI=1S/C17H25N3O/c1-7-19-15(17(4,5)6)14(18)16(21)20(19)13-9-11(2)8-12(3)10-13/h8-10H,7,18H2,1-6H3. The van der Waals surface area contributed by atoms with Crippen molar-refractivity contribution in [2.45, 2.75) is 53.5 Å². The maximum atomic E-state index is 12.7. The summed E-state index contributed by atoms with van der Waals surface area (Å²) in [5, 5.41) is 0. The molecule has 4 nitrogen and oxygen atoms in total. The highest BCUT2D eigenvalue weighted by Crippen LogP contribution is 2.27. The van der Waals surface area contributed by atoms with Crippen LogP contribution in [0.5, 0.6) is 0 Å². The van der Waals surface area contributed by atoms with Gasteiger partial charge in [-0.15, -0.1) is 0 Å². The molecule has 0 saturated carbocycles. The maximum absolute atomic E-state index is 12.7. The van der Waals surface area contributed by atoms with Crippen molar-refractivity contribution in [3.63, 3.8) is 0 Å². The van der Waals surface area contributed by atoms with Crippen LogP contribution in [0.25, 0.3) is 5.69 Å². The van der Waals surface area contributed by atoms with Crippen LogP contribution in [0.1, 0.15) is 44.5 Å². The summed E-state index contributed by atoms with van der Waals surface area (Å²) in [6, 6.07) is 6.14. The Morgan fingerprint density at radius 1 is 1.10 bits per heavy atom. The zero-order valence-corrected chi connectivity index (χ0v) is 13.8. The van der Waals surface area contributed by atoms with Crippen LogP contribution < -0.4 is 11.3 Å². The van der Waals surface area contributed by atoms with E-state index in [2.05, 4.69) is 26.8 Å². The normalized spacial score (nSPS) is 11.9. The van der Waals surface area contributed by atoms with Crippen LogP contribution in [-0.4, -0.2) is 9.36 Å². The summed E-state index contributed by atoms with van der Waals surface area (Å²) in [4.78, 5) is 12.7. The molecule has 114 valence electrons. The predicted molar refractivity (Wildman–Crippen MR) is 88.3 cm³/mol. The van der Waals surface area contributed by atoms with Gasteiger partial charge in [-0.3, -0.25) is 9.48 Å². The van der Waals surface area contributed by atoms with Crippen molar-refractivity contribution in [2.24, 2.45) is 0 Å². The van der Waals surface area contributed by atoms with E-state index in [0.717, 1.165) is 22.5 Å². The first kappa shape index (κ1) is 15.4. The van der Waals surface area contributed by atoms with Crippen molar-refractivity contribution in [3.8, 4) is 5.69 Å². The second-order valence-corrected chi connectivity index (χ2v) is 6.69. The quantitative estimate of drug-likeness (QED) is 0.922. The molecule has 2 rings (SSSR count). The lowest BCUT2D eigenvalue weighted by Crippen LogP contribution is -2.24. The van der Waals surface area contributed by atoms with Gasteiger partial charge in [-0.05, 0) is 44.0 Å². The molecule has 0 saturated heterocycles. The number of nitrogens with zero attached hydrogens (tertiary/aromatic N) is 2. The van der Waals surface area contributed by atoms with Gasteiger partial charge in [0.25, 0.3) is 5.56 Å². The topological polar surface area (TPSA) is 52.9 Å². The molecule has 0 aliphatic heterocycles. The minimum atomic E-state index is -0.177. The van der Waals surface area contributed by atoms with E-state index in [0.29, 0.717) is 12.2 Å². The van der Waals surface area contributed by atoms with Gasteiger partial charge in [0, 0.05) is 12.0 Å². The summed E-state index contributed by atoms with van der Waals surface area (Å²) < 4.78 is 3.70. The van der Waals surface area contributed by atoms with Crippen LogP contribution >= 0.6 is 0 Å². The summed E-state index contributed by atoms with van der Waals surface area (Å²) in [5.41, 5.74) is 10.2. The van der Waals surface area contributed by atoms with Gasteiger partial charge in [0.1, 0.15) is 5.69 Å². The molecule has 1 aromatic heterocycles. The minimum absolute atomic E-state index is 0.133. The maximum Gasteiger partial charge on any atom is 0.294 e. The lowest BCUT2D eigenvalue weighted by Gasteiger charge is -2.23. The molecular weight excluding hydrogens is 262 g/mol. The van der Waals surface area contributed by atoms with Gasteiger partial charge < -0.3 is 5.73 Å². The zero-order chi connectivity index (χ0) is 15.9. The van der Waals surface area contributed by atoms with Crippen LogP contribution in [0.2, 0.25) is 0 Å². The monoisotopic (exact) mass is 287 g/mol. The molecule has 1 heterocycles. The fourth-order valence-corrected chi connectivity index (χ4v) is 2.98. The Morgan fingerprint density at radius 2 is 1.62 bits per heavy atom. The number of benzene rings is 1. The third kappa shape index (κ3) is 2.62. The van der Waals surface area contributed by atoms with Crippen molar-refractivity contribution < 1.29 is 0 Å². The van der Waals surface area contributed by atoms with Gasteiger partial charge in [-0.2, -0.15) is 0 Å². The van der Waals surface area contributed by atoms with Crippen molar-refractivity contribution >= 4 is 5.69 Å². The highest BCUT2D eigenvalue weighted by Gasteiger charge is 2.27. The zero-order valence-electron chi connectivity index (χ0n) is 13.8. The average molecular weight is 287 g/mol. The number of nitrogen functional groups attached to an aromatic ring is 1. The molecule has 21 heavy (non-hydrogen) atoms. The van der Waals surface area contributed by atoms with Crippen molar-refractivity contribution in [1.82, 2.24) is 9.36 Å². The van der Waals surface area contributed by atoms with E-state index >= 15 is 0 Å². The Bertz CT molecular complexity index is 709. The van der Waals surface area contributed by atoms with Gasteiger partial charge in [0.2, 0.25) is 0 Å². The third-order valence-corrected chi connectivity index (χ3v) is 3.64. The summed E-state index contributed by atoms with van der Waals surface area (Å²) in [6.45, 7) is 13.0. The summed E-state index contributed by atoms with van der Waals surface area (Å²) in [5.74, 6) is 0. The van der Waals surface area contributed by atoms with E-state index < -0.39 is 0 Å². The predicted octanol–water partition coefficient (Wildman–Crippen LogP) is 3.16. The molecule has 2 N–H and O–H groups in total. The number of rotatable bonds is 2. The Labute approximate surface area is 126 Å². The fraction of sp³-hybridized carbons (Fsp3) is 0.471. The Morgan fingerprint density at radius 3 is 2.05 bits per heavy atom. The first-order valence-corrected chi connectivity index (χ1v) is 7.37. The number of anilines is 1. The number of aromatic nitrogens is 2. The third-order valence-electron chi connectivity index (χ3n) is 3.64. The van der Waals surface area contributed by atoms with Crippen LogP contribution in [0.4, 0.5) is 5.69 Å². The molecular formula is C17H25N3O. The molecule has 0 fully saturated rings. The van der Waals surface area contributed by atoms with E-state index in [1.54, 1.807) is 4.68 Å². The molecule has 0 spiro atoms. The molecule has 0 aliphatic rings. The van der Waals surface area contributed by atoms with Crippen LogP contribution in [0.3, 0.4) is 0 Å². The lowest BCUT2D eigenvalue weighted by atomic mass is 9.91. The van der Waals surface area contributed by atoms with Gasteiger partial charge in [0.05, 0.1) is 11.4 Å². The summed E-state index contributed by atoms with van der Waals surface area (Å²) >= 11 is 0. The fourth-order valence-electron chi connectivity index (χ4n) is 2.98. The molecule has 0 unspecified atom stereocenters. The molecule has 0 radical (unpaired) electrons. The van der Waals surface area contributed by atoms with Crippen molar-refractivity contribution in [2.75, 3.05) is 5.73 Å². The molecule has 0 atom stereocenters. The van der Waals surface area contributed by atoms with Gasteiger partial charge >= 0.3 is 0 Å². The lowest BCUT2D eigenvalue weighted by molar-refractivity contribution is 0.470. The Hall–Kier alpha value is -1.97. The number of hydrogen-bond acceptors (Lipinski definition) is 2. The molecule has 1 aromatic carbocycles. The number of aryl methyl sites for hydroxylation is 2. The Kier molecular flexibility index (Phi) is 3.74. The van der Waals surface area contributed by atoms with Crippen molar-refractivity contribution in [1.29, 1.82) is 0 Å². The molecule has 0 aliphatic carbocycles. The first-order chi connectivity index (χ1) is 9.66. The first-order valence-electron chi connectivity index (χ1n) is 7.37. The molecule has 0 amide bonds. The van der Waals surface area contributed by atoms with Crippen LogP contribution in [-0.2, 0) is 12.0 Å². The van der Waals surface area contributed by atoms with Gasteiger partial charge in [-0.25, -0.2) is 4.68 Å². The van der Waals surface area contributed by atoms with Crippen LogP contribution in [0, 0.1) is 13.8 Å². The van der Waals surface area contributed by atoms with E-state index in [1.807, 2.05) is 37.6 Å². The minimum Gasteiger partial charge on any atom is -0.393 e. The second kappa shape index (κ2) is 5.10. The van der Waals surface area contributed by atoms with Crippen molar-refractivity contribution in [3.05, 3.63) is 45.4 Å². The van der Waals surface area contributed by atoms with Crippen LogP contribution in [0.15, 0.2) is 23.0 Å². The highest BCUT2D eigenvalue weighted by atomic mass is 16.1. The van der Waals surface area contributed by atoms with Gasteiger partial charge in [-0.1, -0.05) is 26.8 Å². The van der Waals surface area contributed by atoms with E-state index in [9.17, 15) is 4.79 Å². The molecule has 2 aromatic rings. The molecule has 4 heteroatoms.